The van der Waals surface area contributed by atoms with Crippen LogP contribution in [0.15, 0.2) is 29.2 Å². The van der Waals surface area contributed by atoms with Crippen molar-refractivity contribution in [3.8, 4) is 0 Å². The number of amides is 2. The molecule has 0 aliphatic carbocycles. The highest BCUT2D eigenvalue weighted by molar-refractivity contribution is 7.98. The lowest BCUT2D eigenvalue weighted by Crippen LogP contribution is -2.37. The minimum absolute atomic E-state index is 0.313. The number of anilines is 1. The first-order chi connectivity index (χ1) is 8.67. The van der Waals surface area contributed by atoms with E-state index in [4.69, 9.17) is 4.74 Å². The summed E-state index contributed by atoms with van der Waals surface area (Å²) in [7, 11) is 1.53. The molecule has 0 heterocycles. The number of ether oxygens (including phenoxy) is 1. The summed E-state index contributed by atoms with van der Waals surface area (Å²) < 4.78 is 4.77. The molecule has 0 fully saturated rings. The number of carbonyl (C=O) groups is 2. The highest BCUT2D eigenvalue weighted by Crippen LogP contribution is 2.18. The highest BCUT2D eigenvalue weighted by atomic mass is 32.2. The number of hydrogen-bond acceptors (Lipinski definition) is 4. The Morgan fingerprint density at radius 1 is 1.33 bits per heavy atom. The number of nitrogens with one attached hydrogen (secondary N) is 2. The van der Waals surface area contributed by atoms with Gasteiger partial charge in [0.25, 0.3) is 0 Å². The lowest BCUT2D eigenvalue weighted by atomic mass is 10.3. The third-order valence-electron chi connectivity index (χ3n) is 2.13. The quantitative estimate of drug-likeness (QED) is 0.477. The van der Waals surface area contributed by atoms with E-state index in [9.17, 15) is 9.59 Å². The minimum Gasteiger partial charge on any atom is -0.383 e. The summed E-state index contributed by atoms with van der Waals surface area (Å²) in [6, 6.07) is 7.30. The van der Waals surface area contributed by atoms with E-state index in [1.807, 2.05) is 24.5 Å². The van der Waals surface area contributed by atoms with Gasteiger partial charge in [-0.2, -0.15) is 0 Å². The average molecular weight is 268 g/mol. The van der Waals surface area contributed by atoms with Gasteiger partial charge in [-0.25, -0.2) is 0 Å². The summed E-state index contributed by atoms with van der Waals surface area (Å²) in [6.45, 7) is 0.689. The van der Waals surface area contributed by atoms with Gasteiger partial charge < -0.3 is 15.4 Å². The van der Waals surface area contributed by atoms with Gasteiger partial charge in [0.15, 0.2) is 0 Å². The van der Waals surface area contributed by atoms with E-state index in [2.05, 4.69) is 10.6 Å². The van der Waals surface area contributed by atoms with E-state index in [1.165, 1.54) is 7.11 Å². The first-order valence-electron chi connectivity index (χ1n) is 5.39. The second-order valence-electron chi connectivity index (χ2n) is 3.43. The van der Waals surface area contributed by atoms with Crippen LogP contribution in [-0.4, -0.2) is 38.3 Å². The average Bonchev–Trinajstić information content (AvgIpc) is 2.39. The number of carbonyl (C=O) groups excluding carboxylic acids is 2. The van der Waals surface area contributed by atoms with Gasteiger partial charge in [-0.1, -0.05) is 6.07 Å². The summed E-state index contributed by atoms with van der Waals surface area (Å²) in [5.41, 5.74) is 0.605. The van der Waals surface area contributed by atoms with Gasteiger partial charge in [0, 0.05) is 24.2 Å². The third-order valence-corrected chi connectivity index (χ3v) is 2.85. The summed E-state index contributed by atoms with van der Waals surface area (Å²) in [5, 5.41) is 4.99. The molecular formula is C12H16N2O3S. The normalized spacial score (nSPS) is 9.89. The van der Waals surface area contributed by atoms with E-state index in [1.54, 1.807) is 17.8 Å². The van der Waals surface area contributed by atoms with Crippen molar-refractivity contribution in [1.82, 2.24) is 5.32 Å². The zero-order valence-corrected chi connectivity index (χ0v) is 11.2. The first-order valence-corrected chi connectivity index (χ1v) is 6.62. The Kier molecular flexibility index (Phi) is 6.24. The van der Waals surface area contributed by atoms with Crippen LogP contribution in [0.4, 0.5) is 5.69 Å². The van der Waals surface area contributed by atoms with Gasteiger partial charge in [-0.05, 0) is 24.5 Å². The molecule has 18 heavy (non-hydrogen) atoms. The van der Waals surface area contributed by atoms with Crippen LogP contribution in [0.3, 0.4) is 0 Å². The summed E-state index contributed by atoms with van der Waals surface area (Å²) in [6.07, 6.45) is 1.94. The molecule has 0 saturated carbocycles. The maximum atomic E-state index is 11.5. The lowest BCUT2D eigenvalue weighted by molar-refractivity contribution is -0.136. The Morgan fingerprint density at radius 3 is 2.78 bits per heavy atom. The van der Waals surface area contributed by atoms with Gasteiger partial charge in [-0.3, -0.25) is 9.59 Å². The molecule has 0 radical (unpaired) electrons. The van der Waals surface area contributed by atoms with Crippen molar-refractivity contribution in [2.24, 2.45) is 0 Å². The number of hydrogen-bond donors (Lipinski definition) is 2. The van der Waals surface area contributed by atoms with Crippen molar-refractivity contribution in [2.75, 3.05) is 31.8 Å². The smallest absolute Gasteiger partial charge is 0.313 e. The molecule has 98 valence electrons. The van der Waals surface area contributed by atoms with Gasteiger partial charge >= 0.3 is 11.8 Å². The molecule has 0 aromatic heterocycles. The summed E-state index contributed by atoms with van der Waals surface area (Å²) in [4.78, 5) is 23.9. The SMILES string of the molecule is COCCNC(=O)C(=O)Nc1cccc(SC)c1. The summed E-state index contributed by atoms with van der Waals surface area (Å²) in [5.74, 6) is -1.34. The third kappa shape index (κ3) is 4.77. The molecule has 1 aromatic carbocycles. The minimum atomic E-state index is -0.677. The second-order valence-corrected chi connectivity index (χ2v) is 4.31. The van der Waals surface area contributed by atoms with Gasteiger partial charge in [-0.15, -0.1) is 11.8 Å². The zero-order chi connectivity index (χ0) is 13.4. The van der Waals surface area contributed by atoms with Crippen LogP contribution in [0, 0.1) is 0 Å². The molecule has 0 saturated heterocycles. The van der Waals surface area contributed by atoms with Crippen LogP contribution in [0.2, 0.25) is 0 Å². The highest BCUT2D eigenvalue weighted by Gasteiger charge is 2.12. The predicted octanol–water partition coefficient (Wildman–Crippen LogP) is 1.11. The molecule has 0 bridgehead atoms. The van der Waals surface area contributed by atoms with Crippen molar-refractivity contribution >= 4 is 29.3 Å². The largest absolute Gasteiger partial charge is 0.383 e. The number of benzene rings is 1. The molecular weight excluding hydrogens is 252 g/mol. The fraction of sp³-hybridized carbons (Fsp3) is 0.333. The Morgan fingerprint density at radius 2 is 2.11 bits per heavy atom. The van der Waals surface area contributed by atoms with Gasteiger partial charge in [0.1, 0.15) is 0 Å². The fourth-order valence-corrected chi connectivity index (χ4v) is 1.70. The molecule has 0 unspecified atom stereocenters. The molecule has 1 rings (SSSR count). The second kappa shape index (κ2) is 7.73. The van der Waals surface area contributed by atoms with E-state index in [0.717, 1.165) is 4.90 Å². The van der Waals surface area contributed by atoms with Crippen molar-refractivity contribution in [1.29, 1.82) is 0 Å². The molecule has 0 aliphatic heterocycles. The monoisotopic (exact) mass is 268 g/mol. The number of methoxy groups -OCH3 is 1. The van der Waals surface area contributed by atoms with Crippen molar-refractivity contribution < 1.29 is 14.3 Å². The Bertz CT molecular complexity index is 424. The van der Waals surface area contributed by atoms with Crippen LogP contribution in [0.5, 0.6) is 0 Å². The van der Waals surface area contributed by atoms with Crippen LogP contribution in [-0.2, 0) is 14.3 Å². The fourth-order valence-electron chi connectivity index (χ4n) is 1.24. The standard InChI is InChI=1S/C12H16N2O3S/c1-17-7-6-13-11(15)12(16)14-9-4-3-5-10(8-9)18-2/h3-5,8H,6-7H2,1-2H3,(H,13,15)(H,14,16). The predicted molar refractivity (Wildman–Crippen MR) is 71.7 cm³/mol. The molecule has 2 amide bonds. The first kappa shape index (κ1) is 14.5. The molecule has 1 aromatic rings. The van der Waals surface area contributed by atoms with Crippen LogP contribution in [0.1, 0.15) is 0 Å². The van der Waals surface area contributed by atoms with E-state index >= 15 is 0 Å². The van der Waals surface area contributed by atoms with Crippen molar-refractivity contribution in [3.63, 3.8) is 0 Å². The molecule has 6 heteroatoms. The zero-order valence-electron chi connectivity index (χ0n) is 10.4. The Balaban J connectivity index is 2.50. The lowest BCUT2D eigenvalue weighted by Gasteiger charge is -2.07. The number of thioether (sulfide) groups is 1. The van der Waals surface area contributed by atoms with E-state index in [0.29, 0.717) is 18.8 Å². The van der Waals surface area contributed by atoms with Crippen LogP contribution >= 0.6 is 11.8 Å². The van der Waals surface area contributed by atoms with Crippen LogP contribution < -0.4 is 10.6 Å². The van der Waals surface area contributed by atoms with Crippen LogP contribution in [0.25, 0.3) is 0 Å². The Hall–Kier alpha value is -1.53. The molecule has 0 atom stereocenters. The van der Waals surface area contributed by atoms with Crippen molar-refractivity contribution in [3.05, 3.63) is 24.3 Å². The molecule has 0 spiro atoms. The molecule has 0 aliphatic rings. The van der Waals surface area contributed by atoms with Gasteiger partial charge in [0.05, 0.1) is 6.61 Å². The molecule has 5 nitrogen and oxygen atoms in total. The van der Waals surface area contributed by atoms with Gasteiger partial charge in [0.2, 0.25) is 0 Å². The molecule has 2 N–H and O–H groups in total. The Labute approximate surface area is 110 Å². The topological polar surface area (TPSA) is 67.4 Å². The summed E-state index contributed by atoms with van der Waals surface area (Å²) >= 11 is 1.57. The van der Waals surface area contributed by atoms with E-state index in [-0.39, 0.29) is 0 Å². The van der Waals surface area contributed by atoms with E-state index < -0.39 is 11.8 Å². The number of rotatable bonds is 5. The van der Waals surface area contributed by atoms with Crippen molar-refractivity contribution in [2.45, 2.75) is 4.90 Å². The maximum absolute atomic E-state index is 11.5. The maximum Gasteiger partial charge on any atom is 0.313 e.